The first-order chi connectivity index (χ1) is 12.5. The quantitative estimate of drug-likeness (QED) is 0.476. The fourth-order valence-electron chi connectivity index (χ4n) is 2.40. The highest BCUT2D eigenvalue weighted by Gasteiger charge is 2.16. The Labute approximate surface area is 166 Å². The van der Waals surface area contributed by atoms with Gasteiger partial charge in [0.15, 0.2) is 5.43 Å². The second kappa shape index (κ2) is 8.05. The summed E-state index contributed by atoms with van der Waals surface area (Å²) in [6.07, 6.45) is 0. The molecule has 0 bridgehead atoms. The van der Waals surface area contributed by atoms with Gasteiger partial charge in [0.1, 0.15) is 23.3 Å². The lowest BCUT2D eigenvalue weighted by atomic mass is 10.2. The third-order valence-corrected chi connectivity index (χ3v) is 4.82. The molecule has 26 heavy (non-hydrogen) atoms. The van der Waals surface area contributed by atoms with E-state index in [4.69, 9.17) is 13.9 Å². The molecule has 0 spiro atoms. The second-order valence-corrected chi connectivity index (χ2v) is 7.12. The Balaban J connectivity index is 1.94. The van der Waals surface area contributed by atoms with Crippen molar-refractivity contribution < 1.29 is 18.7 Å². The Kier molecular flexibility index (Phi) is 5.78. The van der Waals surface area contributed by atoms with Gasteiger partial charge in [-0.15, -0.1) is 0 Å². The largest absolute Gasteiger partial charge is 0.488 e. The van der Waals surface area contributed by atoms with Gasteiger partial charge in [-0.1, -0.05) is 44.0 Å². The highest BCUT2D eigenvalue weighted by atomic mass is 79.9. The van der Waals surface area contributed by atoms with E-state index in [0.29, 0.717) is 5.75 Å². The maximum Gasteiger partial charge on any atom is 0.374 e. The van der Waals surface area contributed by atoms with Gasteiger partial charge >= 0.3 is 5.97 Å². The minimum Gasteiger partial charge on any atom is -0.488 e. The number of fused-ring (bicyclic) bond motifs is 1. The number of carbonyl (C=O) groups is 1. The number of hydrogen-bond donors (Lipinski definition) is 0. The molecule has 0 saturated carbocycles. The zero-order chi connectivity index (χ0) is 18.7. The number of esters is 1. The first-order valence-corrected chi connectivity index (χ1v) is 9.39. The molecule has 0 unspecified atom stereocenters. The molecule has 0 saturated heterocycles. The SMILES string of the molecule is CCOC(=O)c1cc(=O)c2c(OCc3ccc(Br)cc3Br)cccc2o1. The maximum atomic E-state index is 12.5. The summed E-state index contributed by atoms with van der Waals surface area (Å²) in [4.78, 5) is 24.3. The van der Waals surface area contributed by atoms with E-state index in [9.17, 15) is 9.59 Å². The van der Waals surface area contributed by atoms with Crippen LogP contribution in [0.25, 0.3) is 11.0 Å². The predicted octanol–water partition coefficient (Wildman–Crippen LogP) is 5.07. The van der Waals surface area contributed by atoms with E-state index in [1.54, 1.807) is 25.1 Å². The van der Waals surface area contributed by atoms with Crippen LogP contribution in [0, 0.1) is 0 Å². The second-order valence-electron chi connectivity index (χ2n) is 5.35. The summed E-state index contributed by atoms with van der Waals surface area (Å²) >= 11 is 6.88. The molecular weight excluding hydrogens is 468 g/mol. The molecule has 3 aromatic rings. The van der Waals surface area contributed by atoms with E-state index in [2.05, 4.69) is 31.9 Å². The molecule has 134 valence electrons. The summed E-state index contributed by atoms with van der Waals surface area (Å²) in [5.74, 6) is -0.407. The molecule has 0 fully saturated rings. The fraction of sp³-hybridized carbons (Fsp3) is 0.158. The smallest absolute Gasteiger partial charge is 0.374 e. The van der Waals surface area contributed by atoms with Gasteiger partial charge in [-0.3, -0.25) is 4.79 Å². The van der Waals surface area contributed by atoms with Crippen LogP contribution in [0.15, 0.2) is 60.6 Å². The Morgan fingerprint density at radius 1 is 1.15 bits per heavy atom. The zero-order valence-electron chi connectivity index (χ0n) is 13.8. The lowest BCUT2D eigenvalue weighted by molar-refractivity contribution is 0.0490. The minimum absolute atomic E-state index is 0.128. The van der Waals surface area contributed by atoms with Gasteiger partial charge in [-0.2, -0.15) is 0 Å². The number of carbonyl (C=O) groups excluding carboxylic acids is 1. The molecule has 2 aromatic carbocycles. The molecule has 0 aliphatic carbocycles. The molecule has 1 aromatic heterocycles. The van der Waals surface area contributed by atoms with Crippen molar-refractivity contribution in [2.75, 3.05) is 6.61 Å². The monoisotopic (exact) mass is 480 g/mol. The van der Waals surface area contributed by atoms with Gasteiger partial charge in [0.25, 0.3) is 0 Å². The van der Waals surface area contributed by atoms with Crippen molar-refractivity contribution in [3.05, 3.63) is 73.0 Å². The van der Waals surface area contributed by atoms with Gasteiger partial charge in [0, 0.05) is 20.6 Å². The van der Waals surface area contributed by atoms with E-state index < -0.39 is 5.97 Å². The van der Waals surface area contributed by atoms with Crippen LogP contribution in [0.2, 0.25) is 0 Å². The van der Waals surface area contributed by atoms with Crippen molar-refractivity contribution in [3.63, 3.8) is 0 Å². The standard InChI is InChI=1S/C19H14Br2O5/c1-2-24-19(23)17-9-14(22)18-15(4-3-5-16(18)26-17)25-10-11-6-7-12(20)8-13(11)21/h3-9H,2,10H2,1H3. The third-order valence-electron chi connectivity index (χ3n) is 3.59. The Morgan fingerprint density at radius 2 is 1.96 bits per heavy atom. The number of ether oxygens (including phenoxy) is 2. The number of benzene rings is 2. The summed E-state index contributed by atoms with van der Waals surface area (Å²) in [5.41, 5.74) is 0.838. The average molecular weight is 482 g/mol. The highest BCUT2D eigenvalue weighted by Crippen LogP contribution is 2.27. The summed E-state index contributed by atoms with van der Waals surface area (Å²) in [7, 11) is 0. The van der Waals surface area contributed by atoms with E-state index in [-0.39, 0.29) is 35.4 Å². The fourth-order valence-corrected chi connectivity index (χ4v) is 3.56. The summed E-state index contributed by atoms with van der Waals surface area (Å²) in [6, 6.07) is 11.9. The summed E-state index contributed by atoms with van der Waals surface area (Å²) in [6.45, 7) is 2.15. The van der Waals surface area contributed by atoms with E-state index in [1.807, 2.05) is 18.2 Å². The topological polar surface area (TPSA) is 65.7 Å². The average Bonchev–Trinajstić information content (AvgIpc) is 2.61. The van der Waals surface area contributed by atoms with Crippen molar-refractivity contribution in [1.29, 1.82) is 0 Å². The van der Waals surface area contributed by atoms with Gasteiger partial charge in [-0.05, 0) is 31.2 Å². The van der Waals surface area contributed by atoms with Crippen LogP contribution in [0.3, 0.4) is 0 Å². The predicted molar refractivity (Wildman–Crippen MR) is 105 cm³/mol. The Hall–Kier alpha value is -2.12. The highest BCUT2D eigenvalue weighted by molar-refractivity contribution is 9.11. The molecule has 0 amide bonds. The van der Waals surface area contributed by atoms with Crippen LogP contribution in [-0.2, 0) is 11.3 Å². The number of hydrogen-bond acceptors (Lipinski definition) is 5. The number of rotatable bonds is 5. The first kappa shape index (κ1) is 18.7. The van der Waals surface area contributed by atoms with Gasteiger partial charge in [0.05, 0.1) is 6.61 Å². The Morgan fingerprint density at radius 3 is 2.69 bits per heavy atom. The molecular formula is C19H14Br2O5. The van der Waals surface area contributed by atoms with Crippen molar-refractivity contribution in [2.24, 2.45) is 0 Å². The normalized spacial score (nSPS) is 10.7. The van der Waals surface area contributed by atoms with Crippen LogP contribution in [0.1, 0.15) is 23.0 Å². The van der Waals surface area contributed by atoms with Crippen LogP contribution >= 0.6 is 31.9 Å². The molecule has 0 atom stereocenters. The lowest BCUT2D eigenvalue weighted by Gasteiger charge is -2.10. The number of halogens is 2. The molecule has 0 radical (unpaired) electrons. The van der Waals surface area contributed by atoms with Gasteiger partial charge in [-0.25, -0.2) is 4.79 Å². The van der Waals surface area contributed by atoms with Crippen LogP contribution < -0.4 is 10.2 Å². The van der Waals surface area contributed by atoms with E-state index in [0.717, 1.165) is 20.6 Å². The van der Waals surface area contributed by atoms with Gasteiger partial charge in [0.2, 0.25) is 5.76 Å². The van der Waals surface area contributed by atoms with Crippen LogP contribution in [0.4, 0.5) is 0 Å². The molecule has 5 nitrogen and oxygen atoms in total. The molecule has 7 heteroatoms. The summed E-state index contributed by atoms with van der Waals surface area (Å²) in [5, 5.41) is 0.286. The first-order valence-electron chi connectivity index (χ1n) is 7.80. The van der Waals surface area contributed by atoms with Crippen molar-refractivity contribution >= 4 is 48.8 Å². The van der Waals surface area contributed by atoms with Crippen molar-refractivity contribution in [1.82, 2.24) is 0 Å². The Bertz CT molecular complexity index is 1030. The zero-order valence-corrected chi connectivity index (χ0v) is 16.9. The van der Waals surface area contributed by atoms with Crippen molar-refractivity contribution in [3.8, 4) is 5.75 Å². The molecule has 0 N–H and O–H groups in total. The van der Waals surface area contributed by atoms with Crippen molar-refractivity contribution in [2.45, 2.75) is 13.5 Å². The van der Waals surface area contributed by atoms with Gasteiger partial charge < -0.3 is 13.9 Å². The van der Waals surface area contributed by atoms with E-state index in [1.165, 1.54) is 0 Å². The molecule has 0 aliphatic heterocycles. The molecule has 0 aliphatic rings. The summed E-state index contributed by atoms with van der Waals surface area (Å²) < 4.78 is 18.1. The molecule has 1 heterocycles. The maximum absolute atomic E-state index is 12.5. The lowest BCUT2D eigenvalue weighted by Crippen LogP contribution is -2.11. The van der Waals surface area contributed by atoms with E-state index >= 15 is 0 Å². The van der Waals surface area contributed by atoms with Crippen LogP contribution in [-0.4, -0.2) is 12.6 Å². The molecule has 3 rings (SSSR count). The third kappa shape index (κ3) is 3.99. The minimum atomic E-state index is -0.670. The van der Waals surface area contributed by atoms with Crippen LogP contribution in [0.5, 0.6) is 5.75 Å².